The Morgan fingerprint density at radius 2 is 2.24 bits per heavy atom. The summed E-state index contributed by atoms with van der Waals surface area (Å²) in [5.41, 5.74) is 3.90. The van der Waals surface area contributed by atoms with Gasteiger partial charge in [0.25, 0.3) is 5.69 Å². The fraction of sp³-hybridized carbons (Fsp3) is 0.381. The van der Waals surface area contributed by atoms with Crippen molar-refractivity contribution in [1.29, 1.82) is 5.26 Å². The minimum absolute atomic E-state index is 0.0634. The second-order valence-corrected chi connectivity index (χ2v) is 8.39. The summed E-state index contributed by atoms with van der Waals surface area (Å²) in [5, 5.41) is 23.8. The first-order chi connectivity index (χ1) is 13.9. The standard InChI is InChI=1S/C21H22N4O3S/c1-13-3-6-18-15(9-13)10-16(12-22)21(24-18)29-8-7-20(26)23-19-11-17(25(27)28)5-4-14(19)2/h4-5,10-11,13H,3,6-9H2,1-2H3,(H,23,26). The Labute approximate surface area is 173 Å². The number of nitrogens with zero attached hydrogens (tertiary/aromatic N) is 3. The number of carbonyl (C=O) groups is 1. The van der Waals surface area contributed by atoms with E-state index in [2.05, 4.69) is 23.3 Å². The molecule has 0 aliphatic heterocycles. The Hall–Kier alpha value is -2.92. The molecule has 0 bridgehead atoms. The Morgan fingerprint density at radius 3 is 2.97 bits per heavy atom. The monoisotopic (exact) mass is 410 g/mol. The summed E-state index contributed by atoms with van der Waals surface area (Å²) in [5.74, 6) is 0.845. The summed E-state index contributed by atoms with van der Waals surface area (Å²) in [4.78, 5) is 27.4. The zero-order valence-electron chi connectivity index (χ0n) is 16.4. The van der Waals surface area contributed by atoms with Gasteiger partial charge in [-0.2, -0.15) is 5.26 Å². The number of benzene rings is 1. The van der Waals surface area contributed by atoms with Gasteiger partial charge in [0.05, 0.1) is 16.2 Å². The number of nitro benzene ring substituents is 1. The van der Waals surface area contributed by atoms with Gasteiger partial charge in [0.1, 0.15) is 11.1 Å². The van der Waals surface area contributed by atoms with Crippen LogP contribution in [0, 0.1) is 34.3 Å². The maximum atomic E-state index is 12.3. The van der Waals surface area contributed by atoms with E-state index < -0.39 is 4.92 Å². The number of aromatic nitrogens is 1. The summed E-state index contributed by atoms with van der Waals surface area (Å²) in [6, 6.07) is 8.53. The summed E-state index contributed by atoms with van der Waals surface area (Å²) in [6.07, 6.45) is 3.18. The molecule has 1 aliphatic carbocycles. The number of carbonyl (C=O) groups excluding carboxylic acids is 1. The predicted molar refractivity (Wildman–Crippen MR) is 112 cm³/mol. The van der Waals surface area contributed by atoms with Gasteiger partial charge >= 0.3 is 0 Å². The molecule has 1 N–H and O–H groups in total. The van der Waals surface area contributed by atoms with E-state index in [0.717, 1.165) is 36.1 Å². The molecule has 150 valence electrons. The average Bonchev–Trinajstić information content (AvgIpc) is 2.69. The van der Waals surface area contributed by atoms with E-state index in [1.807, 2.05) is 6.07 Å². The predicted octanol–water partition coefficient (Wildman–Crippen LogP) is 4.42. The normalized spacial score (nSPS) is 15.3. The van der Waals surface area contributed by atoms with Gasteiger partial charge in [0.2, 0.25) is 5.91 Å². The van der Waals surface area contributed by atoms with Crippen molar-refractivity contribution in [1.82, 2.24) is 4.98 Å². The van der Waals surface area contributed by atoms with Crippen LogP contribution in [0.2, 0.25) is 0 Å². The van der Waals surface area contributed by atoms with E-state index in [1.54, 1.807) is 13.0 Å². The van der Waals surface area contributed by atoms with Crippen molar-refractivity contribution in [3.05, 3.63) is 56.8 Å². The number of non-ortho nitro benzene ring substituents is 1. The van der Waals surface area contributed by atoms with E-state index in [-0.39, 0.29) is 18.0 Å². The molecule has 1 aliphatic rings. The van der Waals surface area contributed by atoms with Crippen molar-refractivity contribution in [3.63, 3.8) is 0 Å². The Balaban J connectivity index is 1.62. The summed E-state index contributed by atoms with van der Waals surface area (Å²) in [6.45, 7) is 3.99. The molecule has 1 atom stereocenters. The van der Waals surface area contributed by atoms with Crippen LogP contribution in [0.15, 0.2) is 29.3 Å². The largest absolute Gasteiger partial charge is 0.326 e. The topological polar surface area (TPSA) is 109 Å². The van der Waals surface area contributed by atoms with Crippen LogP contribution in [0.3, 0.4) is 0 Å². The number of hydrogen-bond donors (Lipinski definition) is 1. The third-order valence-corrected chi connectivity index (χ3v) is 5.99. The van der Waals surface area contributed by atoms with Gasteiger partial charge in [-0.05, 0) is 49.3 Å². The first-order valence-corrected chi connectivity index (χ1v) is 10.5. The lowest BCUT2D eigenvalue weighted by Gasteiger charge is -2.21. The van der Waals surface area contributed by atoms with Crippen LogP contribution in [-0.2, 0) is 17.6 Å². The molecule has 1 aromatic carbocycles. The van der Waals surface area contributed by atoms with Crippen LogP contribution < -0.4 is 5.32 Å². The van der Waals surface area contributed by atoms with Crippen LogP contribution in [0.4, 0.5) is 11.4 Å². The molecule has 3 rings (SSSR count). The van der Waals surface area contributed by atoms with Crippen LogP contribution in [0.5, 0.6) is 0 Å². The highest BCUT2D eigenvalue weighted by Crippen LogP contribution is 2.30. The molecule has 29 heavy (non-hydrogen) atoms. The SMILES string of the molecule is Cc1ccc([N+](=O)[O-])cc1NC(=O)CCSc1nc2c(cc1C#N)CC(C)CC2. The van der Waals surface area contributed by atoms with Crippen LogP contribution >= 0.6 is 11.8 Å². The van der Waals surface area contributed by atoms with Crippen molar-refractivity contribution < 1.29 is 9.72 Å². The highest BCUT2D eigenvalue weighted by molar-refractivity contribution is 7.99. The summed E-state index contributed by atoms with van der Waals surface area (Å²) < 4.78 is 0. The lowest BCUT2D eigenvalue weighted by Crippen LogP contribution is -2.15. The van der Waals surface area contributed by atoms with Crippen molar-refractivity contribution in [2.45, 2.75) is 44.6 Å². The number of amides is 1. The van der Waals surface area contributed by atoms with Crippen molar-refractivity contribution in [3.8, 4) is 6.07 Å². The third kappa shape index (κ3) is 5.12. The molecule has 2 aromatic rings. The highest BCUT2D eigenvalue weighted by atomic mass is 32.2. The molecule has 8 heteroatoms. The van der Waals surface area contributed by atoms with Gasteiger partial charge in [-0.25, -0.2) is 4.98 Å². The number of nitro groups is 1. The van der Waals surface area contributed by atoms with Gasteiger partial charge in [0.15, 0.2) is 0 Å². The maximum Gasteiger partial charge on any atom is 0.271 e. The van der Waals surface area contributed by atoms with Crippen LogP contribution in [0.25, 0.3) is 0 Å². The number of hydrogen-bond acceptors (Lipinski definition) is 6. The van der Waals surface area contributed by atoms with Gasteiger partial charge in [-0.3, -0.25) is 14.9 Å². The molecule has 1 amide bonds. The summed E-state index contributed by atoms with van der Waals surface area (Å²) in [7, 11) is 0. The molecule has 0 saturated carbocycles. The fourth-order valence-electron chi connectivity index (χ4n) is 3.33. The molecule has 0 spiro atoms. The number of fused-ring (bicyclic) bond motifs is 1. The van der Waals surface area contributed by atoms with E-state index in [4.69, 9.17) is 0 Å². The van der Waals surface area contributed by atoms with Crippen molar-refractivity contribution in [2.75, 3.05) is 11.1 Å². The smallest absolute Gasteiger partial charge is 0.271 e. The van der Waals surface area contributed by atoms with E-state index >= 15 is 0 Å². The minimum Gasteiger partial charge on any atom is -0.326 e. The molecule has 0 saturated heterocycles. The first-order valence-electron chi connectivity index (χ1n) is 9.48. The highest BCUT2D eigenvalue weighted by Gasteiger charge is 2.19. The van der Waals surface area contributed by atoms with Crippen LogP contribution in [-0.4, -0.2) is 21.6 Å². The third-order valence-electron chi connectivity index (χ3n) is 4.99. The number of aryl methyl sites for hydroxylation is 2. The summed E-state index contributed by atoms with van der Waals surface area (Å²) >= 11 is 1.39. The van der Waals surface area contributed by atoms with Gasteiger partial charge < -0.3 is 5.32 Å². The average molecular weight is 410 g/mol. The second-order valence-electron chi connectivity index (χ2n) is 7.31. The van der Waals surface area contributed by atoms with Gasteiger partial charge in [-0.1, -0.05) is 13.0 Å². The molecular weight excluding hydrogens is 388 g/mol. The molecule has 1 heterocycles. The number of pyridine rings is 1. The molecule has 0 radical (unpaired) electrons. The van der Waals surface area contributed by atoms with Gasteiger partial charge in [0, 0.05) is 30.0 Å². The second kappa shape index (κ2) is 9.05. The number of anilines is 1. The Morgan fingerprint density at radius 1 is 1.45 bits per heavy atom. The Bertz CT molecular complexity index is 1000. The van der Waals surface area contributed by atoms with Crippen molar-refractivity contribution in [2.24, 2.45) is 5.92 Å². The molecule has 0 fully saturated rings. The van der Waals surface area contributed by atoms with Gasteiger partial charge in [-0.15, -0.1) is 11.8 Å². The number of nitrogens with one attached hydrogen (secondary N) is 1. The maximum absolute atomic E-state index is 12.3. The number of nitriles is 1. The van der Waals surface area contributed by atoms with Crippen LogP contribution in [0.1, 0.15) is 42.1 Å². The van der Waals surface area contributed by atoms with E-state index in [9.17, 15) is 20.2 Å². The lowest BCUT2D eigenvalue weighted by molar-refractivity contribution is -0.384. The first kappa shape index (κ1) is 20.8. The zero-order valence-corrected chi connectivity index (χ0v) is 17.2. The van der Waals surface area contributed by atoms with Crippen molar-refractivity contribution >= 4 is 29.0 Å². The lowest BCUT2D eigenvalue weighted by atomic mass is 9.87. The molecule has 7 nitrogen and oxygen atoms in total. The van der Waals surface area contributed by atoms with E-state index in [1.165, 1.54) is 23.9 Å². The molecule has 1 unspecified atom stereocenters. The Kier molecular flexibility index (Phi) is 6.49. The number of thioether (sulfide) groups is 1. The number of rotatable bonds is 6. The minimum atomic E-state index is -0.489. The quantitative estimate of drug-likeness (QED) is 0.429. The zero-order chi connectivity index (χ0) is 21.0. The molecule has 1 aromatic heterocycles. The molecular formula is C21H22N4O3S. The fourth-order valence-corrected chi connectivity index (χ4v) is 4.24. The van der Waals surface area contributed by atoms with E-state index in [0.29, 0.717) is 27.9 Å².